The van der Waals surface area contributed by atoms with Crippen LogP contribution in [0.5, 0.6) is 0 Å². The molecule has 15 heavy (non-hydrogen) atoms. The summed E-state index contributed by atoms with van der Waals surface area (Å²) in [5.41, 5.74) is 0.783. The van der Waals surface area contributed by atoms with Crippen molar-refractivity contribution in [1.82, 2.24) is 4.98 Å². The van der Waals surface area contributed by atoms with E-state index in [4.69, 9.17) is 0 Å². The molecule has 0 bridgehead atoms. The molecule has 2 aromatic rings. The quantitative estimate of drug-likeness (QED) is 0.808. The summed E-state index contributed by atoms with van der Waals surface area (Å²) in [6.07, 6.45) is 2.88. The molecule has 0 N–H and O–H groups in total. The van der Waals surface area contributed by atoms with Crippen LogP contribution >= 0.6 is 15.9 Å². The average Bonchev–Trinajstić information content (AvgIpc) is 2.15. The fourth-order valence-corrected chi connectivity index (χ4v) is 2.32. The van der Waals surface area contributed by atoms with E-state index in [1.165, 1.54) is 6.26 Å². The molecule has 0 saturated heterocycles. The van der Waals surface area contributed by atoms with Crippen LogP contribution in [0.1, 0.15) is 0 Å². The number of aromatic nitrogens is 1. The minimum atomic E-state index is -3.15. The van der Waals surface area contributed by atoms with Crippen molar-refractivity contribution in [1.29, 1.82) is 0 Å². The third kappa shape index (κ3) is 2.18. The lowest BCUT2D eigenvalue weighted by molar-refractivity contribution is 0.602. The summed E-state index contributed by atoms with van der Waals surface area (Å²) >= 11 is 3.30. The Kier molecular flexibility index (Phi) is 2.52. The Labute approximate surface area is 96.2 Å². The molecule has 0 fully saturated rings. The second-order valence-corrected chi connectivity index (χ2v) is 6.21. The van der Waals surface area contributed by atoms with E-state index < -0.39 is 9.84 Å². The van der Waals surface area contributed by atoms with Crippen LogP contribution in [0.25, 0.3) is 10.9 Å². The number of benzene rings is 1. The summed E-state index contributed by atoms with van der Waals surface area (Å²) in [5, 5.41) is 0.812. The van der Waals surface area contributed by atoms with Gasteiger partial charge in [0.2, 0.25) is 0 Å². The van der Waals surface area contributed by atoms with Crippen molar-refractivity contribution in [2.45, 2.75) is 4.90 Å². The number of fused-ring (bicyclic) bond motifs is 1. The van der Waals surface area contributed by atoms with Crippen molar-refractivity contribution in [3.63, 3.8) is 0 Å². The Bertz CT molecular complexity index is 622. The average molecular weight is 286 g/mol. The highest BCUT2D eigenvalue weighted by molar-refractivity contribution is 9.10. The first kappa shape index (κ1) is 10.6. The highest BCUT2D eigenvalue weighted by Gasteiger charge is 2.07. The van der Waals surface area contributed by atoms with E-state index >= 15 is 0 Å². The zero-order chi connectivity index (χ0) is 11.1. The number of sulfone groups is 1. The van der Waals surface area contributed by atoms with Gasteiger partial charge in [0.05, 0.1) is 10.4 Å². The third-order valence-electron chi connectivity index (χ3n) is 2.05. The Hall–Kier alpha value is -0.940. The lowest BCUT2D eigenvalue weighted by Crippen LogP contribution is -1.96. The lowest BCUT2D eigenvalue weighted by Gasteiger charge is -2.01. The first-order valence-electron chi connectivity index (χ1n) is 4.22. The number of pyridine rings is 1. The van der Waals surface area contributed by atoms with E-state index in [9.17, 15) is 8.42 Å². The minimum absolute atomic E-state index is 0.315. The predicted molar refractivity (Wildman–Crippen MR) is 62.6 cm³/mol. The van der Waals surface area contributed by atoms with E-state index in [0.29, 0.717) is 4.90 Å². The second-order valence-electron chi connectivity index (χ2n) is 3.28. The molecule has 0 aliphatic rings. The number of nitrogens with zero attached hydrogens (tertiary/aromatic N) is 1. The molecular weight excluding hydrogens is 278 g/mol. The van der Waals surface area contributed by atoms with Gasteiger partial charge in [0.15, 0.2) is 9.84 Å². The summed E-state index contributed by atoms with van der Waals surface area (Å²) in [6, 6.07) is 6.75. The maximum absolute atomic E-state index is 11.3. The fraction of sp³-hybridized carbons (Fsp3) is 0.100. The molecular formula is C10H8BrNO2S. The molecule has 0 aliphatic heterocycles. The van der Waals surface area contributed by atoms with Crippen LogP contribution in [0.15, 0.2) is 39.8 Å². The number of hydrogen-bond donors (Lipinski definition) is 0. The van der Waals surface area contributed by atoms with Crippen molar-refractivity contribution < 1.29 is 8.42 Å². The molecule has 1 aromatic carbocycles. The first-order valence-corrected chi connectivity index (χ1v) is 6.90. The third-order valence-corrected chi connectivity index (χ3v) is 3.59. The van der Waals surface area contributed by atoms with E-state index in [0.717, 1.165) is 15.4 Å². The van der Waals surface area contributed by atoms with Crippen molar-refractivity contribution in [2.24, 2.45) is 0 Å². The van der Waals surface area contributed by atoms with Gasteiger partial charge in [-0.25, -0.2) is 8.42 Å². The Balaban J connectivity index is 2.75. The van der Waals surface area contributed by atoms with Crippen molar-refractivity contribution in [3.8, 4) is 0 Å². The van der Waals surface area contributed by atoms with Crippen LogP contribution in [-0.2, 0) is 9.84 Å². The molecule has 0 atom stereocenters. The number of halogens is 1. The summed E-state index contributed by atoms with van der Waals surface area (Å²) in [5.74, 6) is 0. The SMILES string of the molecule is CS(=O)(=O)c1ccc2ncc(Br)cc2c1. The summed E-state index contributed by atoms with van der Waals surface area (Å²) in [6.45, 7) is 0. The van der Waals surface area contributed by atoms with Gasteiger partial charge in [-0.2, -0.15) is 0 Å². The van der Waals surface area contributed by atoms with Gasteiger partial charge in [-0.05, 0) is 40.2 Å². The molecule has 1 heterocycles. The molecule has 0 spiro atoms. The molecule has 2 rings (SSSR count). The van der Waals surface area contributed by atoms with E-state index in [-0.39, 0.29) is 0 Å². The standard InChI is InChI=1S/C10H8BrNO2S/c1-15(13,14)9-2-3-10-7(5-9)4-8(11)6-12-10/h2-6H,1H3. The molecule has 1 aromatic heterocycles. The van der Waals surface area contributed by atoms with Gasteiger partial charge < -0.3 is 0 Å². The molecule has 3 nitrogen and oxygen atoms in total. The van der Waals surface area contributed by atoms with Gasteiger partial charge in [-0.1, -0.05) is 0 Å². The fourth-order valence-electron chi connectivity index (χ4n) is 1.31. The van der Waals surface area contributed by atoms with Gasteiger partial charge in [0.1, 0.15) is 0 Å². The number of hydrogen-bond acceptors (Lipinski definition) is 3. The Morgan fingerprint density at radius 2 is 2.00 bits per heavy atom. The summed E-state index contributed by atoms with van der Waals surface area (Å²) in [7, 11) is -3.15. The van der Waals surface area contributed by atoms with Gasteiger partial charge in [0.25, 0.3) is 0 Å². The Morgan fingerprint density at radius 1 is 1.27 bits per heavy atom. The van der Waals surface area contributed by atoms with Crippen LogP contribution in [0.4, 0.5) is 0 Å². The zero-order valence-electron chi connectivity index (χ0n) is 7.94. The van der Waals surface area contributed by atoms with Crippen molar-refractivity contribution in [3.05, 3.63) is 34.9 Å². The second kappa shape index (κ2) is 3.57. The monoisotopic (exact) mass is 285 g/mol. The predicted octanol–water partition coefficient (Wildman–Crippen LogP) is 2.40. The number of rotatable bonds is 1. The molecule has 0 unspecified atom stereocenters. The summed E-state index contributed by atoms with van der Waals surface area (Å²) in [4.78, 5) is 4.48. The van der Waals surface area contributed by atoms with Gasteiger partial charge >= 0.3 is 0 Å². The zero-order valence-corrected chi connectivity index (χ0v) is 10.3. The molecule has 0 amide bonds. The van der Waals surface area contributed by atoms with E-state index in [1.54, 1.807) is 24.4 Å². The molecule has 0 saturated carbocycles. The van der Waals surface area contributed by atoms with Gasteiger partial charge in [-0.3, -0.25) is 4.98 Å². The minimum Gasteiger partial charge on any atom is -0.255 e. The first-order chi connectivity index (χ1) is 6.97. The Morgan fingerprint density at radius 3 is 2.67 bits per heavy atom. The van der Waals surface area contributed by atoms with Crippen LogP contribution in [0, 0.1) is 0 Å². The molecule has 78 valence electrons. The van der Waals surface area contributed by atoms with Crippen LogP contribution in [0.3, 0.4) is 0 Å². The van der Waals surface area contributed by atoms with Crippen LogP contribution in [0.2, 0.25) is 0 Å². The molecule has 0 radical (unpaired) electrons. The maximum atomic E-state index is 11.3. The molecule has 5 heteroatoms. The van der Waals surface area contributed by atoms with Crippen molar-refractivity contribution in [2.75, 3.05) is 6.26 Å². The van der Waals surface area contributed by atoms with Crippen LogP contribution in [-0.4, -0.2) is 19.7 Å². The largest absolute Gasteiger partial charge is 0.255 e. The molecule has 0 aliphatic carbocycles. The topological polar surface area (TPSA) is 47.0 Å². The smallest absolute Gasteiger partial charge is 0.175 e. The van der Waals surface area contributed by atoms with Gasteiger partial charge in [0, 0.05) is 22.3 Å². The summed E-state index contributed by atoms with van der Waals surface area (Å²) < 4.78 is 23.5. The van der Waals surface area contributed by atoms with Crippen LogP contribution < -0.4 is 0 Å². The highest BCUT2D eigenvalue weighted by atomic mass is 79.9. The van der Waals surface area contributed by atoms with Crippen molar-refractivity contribution >= 4 is 36.7 Å². The maximum Gasteiger partial charge on any atom is 0.175 e. The van der Waals surface area contributed by atoms with E-state index in [2.05, 4.69) is 20.9 Å². The highest BCUT2D eigenvalue weighted by Crippen LogP contribution is 2.20. The van der Waals surface area contributed by atoms with E-state index in [1.807, 2.05) is 6.07 Å². The lowest BCUT2D eigenvalue weighted by atomic mass is 10.2. The normalized spacial score (nSPS) is 11.9. The van der Waals surface area contributed by atoms with Gasteiger partial charge in [-0.15, -0.1) is 0 Å².